The Kier molecular flexibility index (Phi) is 1.59. The fourth-order valence-electron chi connectivity index (χ4n) is 1.88. The van der Waals surface area contributed by atoms with Crippen molar-refractivity contribution < 1.29 is 4.79 Å². The molecule has 1 aromatic carbocycles. The number of fused-ring (bicyclic) bond motifs is 3. The average Bonchev–Trinajstić information content (AvgIpc) is 2.72. The number of aromatic nitrogens is 2. The molecule has 3 aromatic rings. The van der Waals surface area contributed by atoms with Crippen molar-refractivity contribution in [2.45, 2.75) is 0 Å². The van der Waals surface area contributed by atoms with Crippen LogP contribution in [0.3, 0.4) is 0 Å². The van der Waals surface area contributed by atoms with E-state index in [2.05, 4.69) is 9.97 Å². The summed E-state index contributed by atoms with van der Waals surface area (Å²) in [5.74, 6) is 0. The number of H-pyrrole nitrogens is 1. The van der Waals surface area contributed by atoms with E-state index in [4.69, 9.17) is 0 Å². The minimum absolute atomic E-state index is 0.661. The molecule has 1 N–H and O–H groups in total. The number of benzene rings is 1. The van der Waals surface area contributed by atoms with Gasteiger partial charge >= 0.3 is 0 Å². The predicted molar refractivity (Wildman–Crippen MR) is 59.0 cm³/mol. The Labute approximate surface area is 85.8 Å². The number of aromatic amines is 1. The van der Waals surface area contributed by atoms with Crippen LogP contribution >= 0.6 is 0 Å². The zero-order chi connectivity index (χ0) is 10.3. The third-order valence-corrected chi connectivity index (χ3v) is 2.57. The Hall–Kier alpha value is -2.16. The van der Waals surface area contributed by atoms with Gasteiger partial charge in [0.1, 0.15) is 0 Å². The predicted octanol–water partition coefficient (Wildman–Crippen LogP) is 2.53. The summed E-state index contributed by atoms with van der Waals surface area (Å²) in [6, 6.07) is 7.84. The molecule has 2 heterocycles. The topological polar surface area (TPSA) is 45.8 Å². The summed E-state index contributed by atoms with van der Waals surface area (Å²) in [6.45, 7) is 0. The van der Waals surface area contributed by atoms with Crippen LogP contribution in [0, 0.1) is 0 Å². The Morgan fingerprint density at radius 1 is 1.27 bits per heavy atom. The van der Waals surface area contributed by atoms with Gasteiger partial charge in [0.2, 0.25) is 0 Å². The van der Waals surface area contributed by atoms with Crippen LogP contribution in [0.1, 0.15) is 10.4 Å². The second kappa shape index (κ2) is 2.92. The number of hydrogen-bond donors (Lipinski definition) is 1. The molecule has 3 rings (SSSR count). The quantitative estimate of drug-likeness (QED) is 0.608. The molecule has 0 atom stereocenters. The van der Waals surface area contributed by atoms with Crippen molar-refractivity contribution in [1.82, 2.24) is 9.97 Å². The van der Waals surface area contributed by atoms with Gasteiger partial charge in [-0.3, -0.25) is 9.78 Å². The van der Waals surface area contributed by atoms with Crippen LogP contribution in [0.15, 0.2) is 36.7 Å². The maximum Gasteiger partial charge on any atom is 0.152 e. The fourth-order valence-corrected chi connectivity index (χ4v) is 1.88. The minimum Gasteiger partial charge on any atom is -0.360 e. The fraction of sp³-hybridized carbons (Fsp3) is 0. The van der Waals surface area contributed by atoms with Gasteiger partial charge in [0.15, 0.2) is 6.29 Å². The Bertz CT molecular complexity index is 655. The molecular weight excluding hydrogens is 188 g/mol. The third kappa shape index (κ3) is 1.06. The third-order valence-electron chi connectivity index (χ3n) is 2.57. The molecule has 3 heteroatoms. The van der Waals surface area contributed by atoms with Crippen molar-refractivity contribution in [2.24, 2.45) is 0 Å². The lowest BCUT2D eigenvalue weighted by Gasteiger charge is -1.98. The highest BCUT2D eigenvalue weighted by Crippen LogP contribution is 2.25. The van der Waals surface area contributed by atoms with E-state index in [0.29, 0.717) is 5.56 Å². The Morgan fingerprint density at radius 3 is 3.07 bits per heavy atom. The van der Waals surface area contributed by atoms with Gasteiger partial charge in [0.05, 0.1) is 5.52 Å². The smallest absolute Gasteiger partial charge is 0.152 e. The molecule has 0 saturated carbocycles. The van der Waals surface area contributed by atoms with E-state index >= 15 is 0 Å². The highest BCUT2D eigenvalue weighted by molar-refractivity contribution is 6.11. The number of rotatable bonds is 1. The van der Waals surface area contributed by atoms with Gasteiger partial charge in [0, 0.05) is 34.2 Å². The first-order valence-electron chi connectivity index (χ1n) is 4.70. The van der Waals surface area contributed by atoms with Crippen LogP contribution in [0.2, 0.25) is 0 Å². The number of nitrogens with one attached hydrogen (secondary N) is 1. The molecule has 0 fully saturated rings. The van der Waals surface area contributed by atoms with Crippen molar-refractivity contribution in [3.63, 3.8) is 0 Å². The number of hydrogen-bond acceptors (Lipinski definition) is 2. The molecule has 2 aromatic heterocycles. The molecule has 0 aliphatic heterocycles. The number of nitrogens with zero attached hydrogens (tertiary/aromatic N) is 1. The molecule has 0 aliphatic carbocycles. The van der Waals surface area contributed by atoms with E-state index in [1.54, 1.807) is 12.4 Å². The summed E-state index contributed by atoms with van der Waals surface area (Å²) in [5.41, 5.74) is 2.48. The molecule has 0 bridgehead atoms. The van der Waals surface area contributed by atoms with Gasteiger partial charge < -0.3 is 4.98 Å². The van der Waals surface area contributed by atoms with Crippen molar-refractivity contribution in [1.29, 1.82) is 0 Å². The van der Waals surface area contributed by atoms with E-state index in [0.717, 1.165) is 28.1 Å². The lowest BCUT2D eigenvalue weighted by molar-refractivity contribution is 0.112. The highest BCUT2D eigenvalue weighted by Gasteiger charge is 2.07. The second-order valence-electron chi connectivity index (χ2n) is 3.43. The van der Waals surface area contributed by atoms with E-state index in [-0.39, 0.29) is 0 Å². The standard InChI is InChI=1S/C12H8N2O/c15-7-9-6-14-10-4-3-8-2-1-5-13-12(8)11(9)10/h1-7,14H. The Morgan fingerprint density at radius 2 is 2.20 bits per heavy atom. The molecule has 0 amide bonds. The van der Waals surface area contributed by atoms with E-state index in [9.17, 15) is 4.79 Å². The SMILES string of the molecule is O=Cc1c[nH]c2ccc3cccnc3c12. The van der Waals surface area contributed by atoms with Gasteiger partial charge in [-0.2, -0.15) is 0 Å². The minimum atomic E-state index is 0.661. The van der Waals surface area contributed by atoms with Crippen LogP contribution in [0.4, 0.5) is 0 Å². The first-order chi connectivity index (χ1) is 7.40. The first-order valence-corrected chi connectivity index (χ1v) is 4.70. The lowest BCUT2D eigenvalue weighted by Crippen LogP contribution is -1.81. The van der Waals surface area contributed by atoms with Gasteiger partial charge in [-0.25, -0.2) is 0 Å². The molecule has 72 valence electrons. The van der Waals surface area contributed by atoms with Crippen LogP contribution in [-0.4, -0.2) is 16.3 Å². The summed E-state index contributed by atoms with van der Waals surface area (Å²) in [6.07, 6.45) is 4.31. The molecular formula is C12H8N2O. The van der Waals surface area contributed by atoms with Crippen molar-refractivity contribution in [3.05, 3.63) is 42.2 Å². The van der Waals surface area contributed by atoms with Crippen molar-refractivity contribution >= 4 is 28.1 Å². The van der Waals surface area contributed by atoms with Crippen molar-refractivity contribution in [3.8, 4) is 0 Å². The first kappa shape index (κ1) is 8.17. The summed E-state index contributed by atoms with van der Waals surface area (Å²) in [4.78, 5) is 18.2. The maximum atomic E-state index is 10.9. The molecule has 0 saturated heterocycles. The summed E-state index contributed by atoms with van der Waals surface area (Å²) in [7, 11) is 0. The lowest BCUT2D eigenvalue weighted by atomic mass is 10.1. The van der Waals surface area contributed by atoms with E-state index in [1.807, 2.05) is 24.3 Å². The van der Waals surface area contributed by atoms with E-state index < -0.39 is 0 Å². The molecule has 3 nitrogen and oxygen atoms in total. The van der Waals surface area contributed by atoms with Crippen LogP contribution in [0.5, 0.6) is 0 Å². The molecule has 0 unspecified atom stereocenters. The van der Waals surface area contributed by atoms with Crippen molar-refractivity contribution in [2.75, 3.05) is 0 Å². The van der Waals surface area contributed by atoms with Gasteiger partial charge in [-0.1, -0.05) is 12.1 Å². The van der Waals surface area contributed by atoms with Gasteiger partial charge in [-0.05, 0) is 12.1 Å². The van der Waals surface area contributed by atoms with Crippen LogP contribution in [-0.2, 0) is 0 Å². The molecule has 15 heavy (non-hydrogen) atoms. The normalized spacial score (nSPS) is 10.9. The zero-order valence-corrected chi connectivity index (χ0v) is 7.90. The summed E-state index contributed by atoms with van der Waals surface area (Å²) in [5, 5.41) is 1.95. The molecule has 0 aliphatic rings. The highest BCUT2D eigenvalue weighted by atomic mass is 16.1. The maximum absolute atomic E-state index is 10.9. The van der Waals surface area contributed by atoms with E-state index in [1.165, 1.54) is 0 Å². The number of pyridine rings is 1. The Balaban J connectivity index is 2.61. The molecule has 0 spiro atoms. The number of carbonyl (C=O) groups excluding carboxylic acids is 1. The van der Waals surface area contributed by atoms with Gasteiger partial charge in [-0.15, -0.1) is 0 Å². The van der Waals surface area contributed by atoms with Crippen LogP contribution in [0.25, 0.3) is 21.8 Å². The summed E-state index contributed by atoms with van der Waals surface area (Å²) < 4.78 is 0. The molecule has 0 radical (unpaired) electrons. The van der Waals surface area contributed by atoms with Crippen LogP contribution < -0.4 is 0 Å². The summed E-state index contributed by atoms with van der Waals surface area (Å²) >= 11 is 0. The largest absolute Gasteiger partial charge is 0.360 e. The monoisotopic (exact) mass is 196 g/mol. The second-order valence-corrected chi connectivity index (χ2v) is 3.43. The number of aldehydes is 1. The average molecular weight is 196 g/mol. The van der Waals surface area contributed by atoms with Gasteiger partial charge in [0.25, 0.3) is 0 Å². The number of carbonyl (C=O) groups is 1. The zero-order valence-electron chi connectivity index (χ0n) is 7.90.